The van der Waals surface area contributed by atoms with Crippen LogP contribution in [0.2, 0.25) is 13.7 Å². The molecule has 2 heterocycles. The van der Waals surface area contributed by atoms with Gasteiger partial charge in [-0.05, 0) is 6.07 Å². The quantitative estimate of drug-likeness (QED) is 0.779. The average molecular weight is 340 g/mol. The number of ether oxygens (including phenoxy) is 1. The average Bonchev–Trinajstić information content (AvgIpc) is 2.89. The lowest BCUT2D eigenvalue weighted by molar-refractivity contribution is 0.102. The van der Waals surface area contributed by atoms with Gasteiger partial charge in [-0.1, -0.05) is 34.8 Å². The summed E-state index contributed by atoms with van der Waals surface area (Å²) in [6.07, 6.45) is 1.42. The number of hydrogen-bond donors (Lipinski definition) is 0. The molecular weight excluding hydrogens is 331 g/mol. The standard InChI is InChI=1S/C11H9Cl3N2O2S/c1-18-3-2-16-9(7(12)5-15-16)10(17)6-4-8(13)19-11(6)14/h4-5H,2-3H2,1H3. The second-order valence-corrected chi connectivity index (χ2v) is 6.32. The van der Waals surface area contributed by atoms with E-state index in [0.29, 0.717) is 27.4 Å². The molecule has 0 radical (unpaired) electrons. The lowest BCUT2D eigenvalue weighted by Gasteiger charge is -2.06. The number of ketones is 1. The summed E-state index contributed by atoms with van der Waals surface area (Å²) in [6, 6.07) is 1.53. The number of carbonyl (C=O) groups is 1. The van der Waals surface area contributed by atoms with E-state index in [9.17, 15) is 4.79 Å². The number of carbonyl (C=O) groups excluding carboxylic acids is 1. The highest BCUT2D eigenvalue weighted by atomic mass is 35.5. The maximum atomic E-state index is 12.4. The van der Waals surface area contributed by atoms with Crippen molar-refractivity contribution in [3.8, 4) is 0 Å². The number of nitrogens with zero attached hydrogens (tertiary/aromatic N) is 2. The zero-order chi connectivity index (χ0) is 14.0. The molecule has 0 N–H and O–H groups in total. The van der Waals surface area contributed by atoms with Crippen molar-refractivity contribution in [3.63, 3.8) is 0 Å². The molecule has 0 fully saturated rings. The lowest BCUT2D eigenvalue weighted by Crippen LogP contribution is -2.14. The number of methoxy groups -OCH3 is 1. The Balaban J connectivity index is 2.38. The van der Waals surface area contributed by atoms with Crippen molar-refractivity contribution in [2.24, 2.45) is 0 Å². The molecule has 4 nitrogen and oxygen atoms in total. The number of thiophene rings is 1. The maximum Gasteiger partial charge on any atom is 0.214 e. The SMILES string of the molecule is COCCn1ncc(Cl)c1C(=O)c1cc(Cl)sc1Cl. The zero-order valence-electron chi connectivity index (χ0n) is 9.82. The molecule has 19 heavy (non-hydrogen) atoms. The summed E-state index contributed by atoms with van der Waals surface area (Å²) in [5.41, 5.74) is 0.618. The molecule has 0 aromatic carbocycles. The summed E-state index contributed by atoms with van der Waals surface area (Å²) in [5.74, 6) is -0.299. The molecule has 2 aromatic heterocycles. The summed E-state index contributed by atoms with van der Waals surface area (Å²) in [7, 11) is 1.57. The van der Waals surface area contributed by atoms with Gasteiger partial charge in [0.05, 0.1) is 34.3 Å². The zero-order valence-corrected chi connectivity index (χ0v) is 12.9. The van der Waals surface area contributed by atoms with E-state index in [-0.39, 0.29) is 16.5 Å². The molecule has 0 saturated carbocycles. The third kappa shape index (κ3) is 3.12. The molecule has 0 saturated heterocycles. The lowest BCUT2D eigenvalue weighted by atomic mass is 10.1. The Morgan fingerprint density at radius 3 is 2.79 bits per heavy atom. The van der Waals surface area contributed by atoms with Gasteiger partial charge in [-0.2, -0.15) is 5.10 Å². The minimum atomic E-state index is -0.299. The summed E-state index contributed by atoms with van der Waals surface area (Å²) in [6.45, 7) is 0.857. The molecule has 102 valence electrons. The van der Waals surface area contributed by atoms with E-state index in [1.165, 1.54) is 16.9 Å². The van der Waals surface area contributed by atoms with Crippen LogP contribution in [0.1, 0.15) is 16.1 Å². The van der Waals surface area contributed by atoms with Crippen LogP contribution in [0.5, 0.6) is 0 Å². The molecule has 8 heteroatoms. The van der Waals surface area contributed by atoms with Gasteiger partial charge in [0.25, 0.3) is 0 Å². The molecule has 0 amide bonds. The Bertz CT molecular complexity index is 609. The van der Waals surface area contributed by atoms with Crippen LogP contribution in [0.25, 0.3) is 0 Å². The van der Waals surface area contributed by atoms with Gasteiger partial charge in [0.1, 0.15) is 10.0 Å². The molecule has 0 atom stereocenters. The maximum absolute atomic E-state index is 12.4. The second kappa shape index (κ2) is 6.24. The van der Waals surface area contributed by atoms with Crippen LogP contribution >= 0.6 is 46.1 Å². The van der Waals surface area contributed by atoms with Crippen molar-refractivity contribution in [3.05, 3.63) is 37.2 Å². The Hall–Kier alpha value is -0.590. The minimum absolute atomic E-state index is 0.277. The van der Waals surface area contributed by atoms with Gasteiger partial charge in [-0.25, -0.2) is 0 Å². The highest BCUT2D eigenvalue weighted by molar-refractivity contribution is 7.20. The van der Waals surface area contributed by atoms with E-state index in [0.717, 1.165) is 11.3 Å². The van der Waals surface area contributed by atoms with Crippen molar-refractivity contribution >= 4 is 51.9 Å². The fourth-order valence-corrected chi connectivity index (χ4v) is 3.24. The monoisotopic (exact) mass is 338 g/mol. The van der Waals surface area contributed by atoms with Crippen LogP contribution in [0.3, 0.4) is 0 Å². The molecule has 0 unspecified atom stereocenters. The van der Waals surface area contributed by atoms with Crippen LogP contribution in [-0.2, 0) is 11.3 Å². The van der Waals surface area contributed by atoms with E-state index < -0.39 is 0 Å². The largest absolute Gasteiger partial charge is 0.383 e. The first kappa shape index (κ1) is 14.8. The van der Waals surface area contributed by atoms with E-state index in [1.807, 2.05) is 0 Å². The van der Waals surface area contributed by atoms with Gasteiger partial charge >= 0.3 is 0 Å². The van der Waals surface area contributed by atoms with Gasteiger partial charge in [-0.3, -0.25) is 9.48 Å². The van der Waals surface area contributed by atoms with Gasteiger partial charge in [-0.15, -0.1) is 11.3 Å². The van der Waals surface area contributed by atoms with Crippen molar-refractivity contribution in [1.29, 1.82) is 0 Å². The third-order valence-electron chi connectivity index (χ3n) is 2.42. The molecule has 0 spiro atoms. The van der Waals surface area contributed by atoms with Gasteiger partial charge in [0.15, 0.2) is 0 Å². The summed E-state index contributed by atoms with van der Waals surface area (Å²) in [4.78, 5) is 12.4. The molecule has 0 aliphatic heterocycles. The molecular formula is C11H9Cl3N2O2S. The Morgan fingerprint density at radius 1 is 1.47 bits per heavy atom. The Morgan fingerprint density at radius 2 is 2.21 bits per heavy atom. The first-order chi connectivity index (χ1) is 9.04. The van der Waals surface area contributed by atoms with Crippen molar-refractivity contribution in [2.75, 3.05) is 13.7 Å². The van der Waals surface area contributed by atoms with Crippen LogP contribution < -0.4 is 0 Å². The Kier molecular flexibility index (Phi) is 4.86. The van der Waals surface area contributed by atoms with Gasteiger partial charge in [0, 0.05) is 7.11 Å². The van der Waals surface area contributed by atoms with Gasteiger partial charge in [0.2, 0.25) is 5.78 Å². The van der Waals surface area contributed by atoms with E-state index in [4.69, 9.17) is 39.5 Å². The predicted octanol–water partition coefficient (Wildman–Crippen LogP) is 3.78. The number of hydrogen-bond acceptors (Lipinski definition) is 4. The Labute approximate surface area is 128 Å². The van der Waals surface area contributed by atoms with Crippen molar-refractivity contribution in [2.45, 2.75) is 6.54 Å². The first-order valence-electron chi connectivity index (χ1n) is 5.24. The second-order valence-electron chi connectivity index (χ2n) is 3.62. The number of halogens is 3. The number of rotatable bonds is 5. The van der Waals surface area contributed by atoms with Crippen LogP contribution in [0.15, 0.2) is 12.3 Å². The molecule has 2 aromatic rings. The number of aromatic nitrogens is 2. The van der Waals surface area contributed by atoms with E-state index >= 15 is 0 Å². The molecule has 0 aliphatic carbocycles. The summed E-state index contributed by atoms with van der Waals surface area (Å²) < 4.78 is 7.25. The fraction of sp³-hybridized carbons (Fsp3) is 0.273. The predicted molar refractivity (Wildman–Crippen MR) is 76.9 cm³/mol. The van der Waals surface area contributed by atoms with Crippen LogP contribution in [0.4, 0.5) is 0 Å². The first-order valence-corrected chi connectivity index (χ1v) is 7.19. The van der Waals surface area contributed by atoms with Crippen LogP contribution in [0, 0.1) is 0 Å². The van der Waals surface area contributed by atoms with Crippen molar-refractivity contribution in [1.82, 2.24) is 9.78 Å². The van der Waals surface area contributed by atoms with Crippen molar-refractivity contribution < 1.29 is 9.53 Å². The topological polar surface area (TPSA) is 44.1 Å². The third-order valence-corrected chi connectivity index (χ3v) is 4.18. The highest BCUT2D eigenvalue weighted by Crippen LogP contribution is 2.33. The highest BCUT2D eigenvalue weighted by Gasteiger charge is 2.23. The summed E-state index contributed by atoms with van der Waals surface area (Å²) in [5, 5.41) is 4.32. The van der Waals surface area contributed by atoms with E-state index in [2.05, 4.69) is 5.10 Å². The smallest absolute Gasteiger partial charge is 0.214 e. The molecule has 0 bridgehead atoms. The van der Waals surface area contributed by atoms with Gasteiger partial charge < -0.3 is 4.74 Å². The molecule has 0 aliphatic rings. The van der Waals surface area contributed by atoms with Crippen LogP contribution in [-0.4, -0.2) is 29.3 Å². The van der Waals surface area contributed by atoms with E-state index in [1.54, 1.807) is 7.11 Å². The minimum Gasteiger partial charge on any atom is -0.383 e. The summed E-state index contributed by atoms with van der Waals surface area (Å²) >= 11 is 19.0. The normalized spacial score (nSPS) is 10.9. The fourth-order valence-electron chi connectivity index (χ4n) is 1.56. The molecule has 2 rings (SSSR count).